The Morgan fingerprint density at radius 2 is 1.86 bits per heavy atom. The normalized spacial score (nSPS) is 10.7. The number of benzene rings is 2. The first-order valence-corrected chi connectivity index (χ1v) is 8.50. The second kappa shape index (κ2) is 9.96. The first-order valence-electron chi connectivity index (χ1n) is 8.50. The van der Waals surface area contributed by atoms with Crippen molar-refractivity contribution < 1.29 is 28.9 Å². The van der Waals surface area contributed by atoms with E-state index in [1.807, 2.05) is 13.8 Å². The van der Waals surface area contributed by atoms with Crippen molar-refractivity contribution in [1.82, 2.24) is 5.43 Å². The lowest BCUT2D eigenvalue weighted by Crippen LogP contribution is -2.28. The number of amides is 1. The van der Waals surface area contributed by atoms with Gasteiger partial charge in [0, 0.05) is 5.56 Å². The second-order valence-electron chi connectivity index (χ2n) is 5.96. The van der Waals surface area contributed by atoms with Crippen molar-refractivity contribution in [3.05, 3.63) is 53.6 Å². The maximum Gasteiger partial charge on any atom is 0.271 e. The number of nitrogens with zero attached hydrogens (tertiary/aromatic N) is 1. The molecule has 0 saturated carbocycles. The molecule has 8 heteroatoms. The first kappa shape index (κ1) is 20.8. The third kappa shape index (κ3) is 6.31. The largest absolute Gasteiger partial charge is 0.546 e. The fourth-order valence-electron chi connectivity index (χ4n) is 2.18. The van der Waals surface area contributed by atoms with Crippen LogP contribution in [-0.4, -0.2) is 37.9 Å². The van der Waals surface area contributed by atoms with Gasteiger partial charge in [0.05, 0.1) is 25.4 Å². The van der Waals surface area contributed by atoms with E-state index >= 15 is 0 Å². The highest BCUT2D eigenvalue weighted by Gasteiger charge is 2.11. The topological polar surface area (TPSA) is 109 Å². The van der Waals surface area contributed by atoms with Crippen LogP contribution in [0.1, 0.15) is 29.8 Å². The van der Waals surface area contributed by atoms with E-state index in [-0.39, 0.29) is 6.10 Å². The molecule has 148 valence electrons. The summed E-state index contributed by atoms with van der Waals surface area (Å²) in [6.45, 7) is 3.28. The minimum absolute atomic E-state index is 0.0178. The molecule has 0 radical (unpaired) electrons. The van der Waals surface area contributed by atoms with Gasteiger partial charge >= 0.3 is 0 Å². The summed E-state index contributed by atoms with van der Waals surface area (Å²) in [5, 5.41) is 14.3. The van der Waals surface area contributed by atoms with Crippen molar-refractivity contribution in [2.24, 2.45) is 5.10 Å². The van der Waals surface area contributed by atoms with Crippen LogP contribution in [0.5, 0.6) is 17.2 Å². The second-order valence-corrected chi connectivity index (χ2v) is 5.96. The first-order chi connectivity index (χ1) is 13.4. The van der Waals surface area contributed by atoms with Gasteiger partial charge in [-0.25, -0.2) is 5.43 Å². The number of carboxylic acid groups (broad SMARTS) is 1. The van der Waals surface area contributed by atoms with Crippen LogP contribution in [0.4, 0.5) is 0 Å². The quantitative estimate of drug-likeness (QED) is 0.516. The number of rotatable bonds is 9. The number of hydrogen-bond donors (Lipinski definition) is 1. The van der Waals surface area contributed by atoms with Crippen LogP contribution >= 0.6 is 0 Å². The zero-order valence-electron chi connectivity index (χ0n) is 15.8. The number of carbonyl (C=O) groups excluding carboxylic acids is 2. The maximum atomic E-state index is 12.2. The van der Waals surface area contributed by atoms with Gasteiger partial charge in [-0.1, -0.05) is 0 Å². The third-order valence-corrected chi connectivity index (χ3v) is 3.40. The Bertz CT molecular complexity index is 846. The number of hydrogen-bond acceptors (Lipinski definition) is 7. The molecule has 8 nitrogen and oxygen atoms in total. The summed E-state index contributed by atoms with van der Waals surface area (Å²) in [4.78, 5) is 22.6. The number of aliphatic carboxylic acids is 1. The molecule has 0 spiro atoms. The summed E-state index contributed by atoms with van der Waals surface area (Å²) >= 11 is 0. The molecule has 0 fully saturated rings. The zero-order valence-corrected chi connectivity index (χ0v) is 15.8. The lowest BCUT2D eigenvalue weighted by atomic mass is 10.2. The van der Waals surface area contributed by atoms with Gasteiger partial charge < -0.3 is 24.1 Å². The summed E-state index contributed by atoms with van der Waals surface area (Å²) in [6, 6.07) is 11.4. The summed E-state index contributed by atoms with van der Waals surface area (Å²) < 4.78 is 15.9. The lowest BCUT2D eigenvalue weighted by Gasteiger charge is -2.14. The Labute approximate surface area is 162 Å². The van der Waals surface area contributed by atoms with Crippen LogP contribution in [-0.2, 0) is 4.79 Å². The molecule has 0 aromatic heterocycles. The predicted octanol–water partition coefficient (Wildman–Crippen LogP) is 1.37. The van der Waals surface area contributed by atoms with E-state index in [0.29, 0.717) is 28.4 Å². The van der Waals surface area contributed by atoms with Crippen molar-refractivity contribution in [1.29, 1.82) is 0 Å². The predicted molar refractivity (Wildman–Crippen MR) is 101 cm³/mol. The summed E-state index contributed by atoms with van der Waals surface area (Å²) in [5.41, 5.74) is 3.50. The number of ether oxygens (including phenoxy) is 3. The Hall–Kier alpha value is -3.55. The van der Waals surface area contributed by atoms with Gasteiger partial charge in [0.2, 0.25) is 0 Å². The van der Waals surface area contributed by atoms with Crippen LogP contribution in [0.2, 0.25) is 0 Å². The van der Waals surface area contributed by atoms with E-state index in [9.17, 15) is 14.7 Å². The van der Waals surface area contributed by atoms with Crippen molar-refractivity contribution in [2.75, 3.05) is 13.7 Å². The molecule has 28 heavy (non-hydrogen) atoms. The molecule has 1 N–H and O–H groups in total. The molecule has 0 unspecified atom stereocenters. The Kier molecular flexibility index (Phi) is 7.38. The molecular formula is C20H21N2O6-. The van der Waals surface area contributed by atoms with Crippen molar-refractivity contribution >= 4 is 18.1 Å². The minimum Gasteiger partial charge on any atom is -0.546 e. The van der Waals surface area contributed by atoms with E-state index in [1.54, 1.807) is 42.5 Å². The van der Waals surface area contributed by atoms with Crippen LogP contribution in [0.3, 0.4) is 0 Å². The van der Waals surface area contributed by atoms with Gasteiger partial charge in [0.15, 0.2) is 11.5 Å². The van der Waals surface area contributed by atoms with Crippen LogP contribution in [0.25, 0.3) is 0 Å². The molecular weight excluding hydrogens is 364 g/mol. The molecule has 0 heterocycles. The lowest BCUT2D eigenvalue weighted by molar-refractivity contribution is -0.307. The highest BCUT2D eigenvalue weighted by molar-refractivity contribution is 5.95. The number of methoxy groups -OCH3 is 1. The standard InChI is InChI=1S/C20H22N2O6/c1-13(2)28-17-9-6-15(10-18(17)26-3)20(25)22-21-11-14-4-7-16(8-5-14)27-12-19(23)24/h4-11,13H,12H2,1-3H3,(H,22,25)(H,23,24)/p-1/b21-11-. The highest BCUT2D eigenvalue weighted by atomic mass is 16.5. The minimum atomic E-state index is -1.30. The Morgan fingerprint density at radius 1 is 1.14 bits per heavy atom. The molecule has 0 aliphatic rings. The molecule has 0 bridgehead atoms. The molecule has 0 atom stereocenters. The molecule has 2 rings (SSSR count). The maximum absolute atomic E-state index is 12.2. The van der Waals surface area contributed by atoms with E-state index in [1.165, 1.54) is 13.3 Å². The molecule has 0 aliphatic heterocycles. The zero-order chi connectivity index (χ0) is 20.5. The van der Waals surface area contributed by atoms with E-state index in [0.717, 1.165) is 0 Å². The molecule has 0 saturated heterocycles. The summed E-state index contributed by atoms with van der Waals surface area (Å²) in [6.07, 6.45) is 1.43. The summed E-state index contributed by atoms with van der Waals surface area (Å²) in [5.74, 6) is -0.300. The molecule has 0 aliphatic carbocycles. The van der Waals surface area contributed by atoms with Crippen molar-refractivity contribution in [2.45, 2.75) is 20.0 Å². The van der Waals surface area contributed by atoms with E-state index < -0.39 is 18.5 Å². The van der Waals surface area contributed by atoms with Crippen molar-refractivity contribution in [3.8, 4) is 17.2 Å². The number of hydrazone groups is 1. The van der Waals surface area contributed by atoms with E-state index in [2.05, 4.69) is 10.5 Å². The number of carbonyl (C=O) groups is 2. The van der Waals surface area contributed by atoms with Gasteiger partial charge in [0.1, 0.15) is 12.4 Å². The van der Waals surface area contributed by atoms with Gasteiger partial charge in [-0.3, -0.25) is 4.79 Å². The SMILES string of the molecule is COc1cc(C(=O)N/N=C\c2ccc(OCC(=O)[O-])cc2)ccc1OC(C)C. The van der Waals surface area contributed by atoms with E-state index in [4.69, 9.17) is 14.2 Å². The van der Waals surface area contributed by atoms with Crippen LogP contribution in [0, 0.1) is 0 Å². The Morgan fingerprint density at radius 3 is 2.46 bits per heavy atom. The Balaban J connectivity index is 1.96. The third-order valence-electron chi connectivity index (χ3n) is 3.40. The number of nitrogens with one attached hydrogen (secondary N) is 1. The van der Waals surface area contributed by atoms with Gasteiger partial charge in [-0.15, -0.1) is 0 Å². The molecule has 1 amide bonds. The fourth-order valence-corrected chi connectivity index (χ4v) is 2.18. The number of carboxylic acids is 1. The summed E-state index contributed by atoms with van der Waals surface area (Å²) in [7, 11) is 1.50. The average Bonchev–Trinajstić information content (AvgIpc) is 2.67. The molecule has 2 aromatic carbocycles. The molecule has 2 aromatic rings. The van der Waals surface area contributed by atoms with Crippen LogP contribution in [0.15, 0.2) is 47.6 Å². The average molecular weight is 385 g/mol. The monoisotopic (exact) mass is 385 g/mol. The van der Waals surface area contributed by atoms with Crippen LogP contribution < -0.4 is 24.7 Å². The van der Waals surface area contributed by atoms with Gasteiger partial charge in [-0.05, 0) is 61.9 Å². The van der Waals surface area contributed by atoms with Gasteiger partial charge in [0.25, 0.3) is 5.91 Å². The fraction of sp³-hybridized carbons (Fsp3) is 0.250. The highest BCUT2D eigenvalue weighted by Crippen LogP contribution is 2.28. The van der Waals surface area contributed by atoms with Gasteiger partial charge in [-0.2, -0.15) is 5.10 Å². The van der Waals surface area contributed by atoms with Crippen molar-refractivity contribution in [3.63, 3.8) is 0 Å². The smallest absolute Gasteiger partial charge is 0.271 e.